The van der Waals surface area contributed by atoms with E-state index >= 15 is 0 Å². The second-order valence-electron chi connectivity index (χ2n) is 6.42. The van der Waals surface area contributed by atoms with E-state index in [-0.39, 0.29) is 16.7 Å². The Hall–Kier alpha value is -2.14. The number of carbonyl (C=O) groups is 1. The number of carbonyl (C=O) groups excluding carboxylic acids is 1. The van der Waals surface area contributed by atoms with Gasteiger partial charge in [0.2, 0.25) is 10.0 Å². The molecule has 0 atom stereocenters. The third kappa shape index (κ3) is 4.41. The predicted octanol–water partition coefficient (Wildman–Crippen LogP) is 3.30. The average Bonchev–Trinajstić information content (AvgIpc) is 2.97. The van der Waals surface area contributed by atoms with Gasteiger partial charge in [-0.2, -0.15) is 0 Å². The fourth-order valence-corrected chi connectivity index (χ4v) is 4.13. The fraction of sp³-hybridized carbons (Fsp3) is 0.235. The lowest BCUT2D eigenvalue weighted by molar-refractivity contribution is 0.0983. The van der Waals surface area contributed by atoms with Crippen molar-refractivity contribution in [3.05, 3.63) is 45.9 Å². The molecule has 0 fully saturated rings. The Morgan fingerprint density at radius 2 is 1.93 bits per heavy atom. The number of nitrogens with two attached hydrogens (primary N) is 1. The number of thiazole rings is 1. The molecule has 2 aromatic heterocycles. The van der Waals surface area contributed by atoms with Crippen LogP contribution in [0.5, 0.6) is 0 Å². The van der Waals surface area contributed by atoms with Crippen molar-refractivity contribution in [2.24, 2.45) is 11.1 Å². The van der Waals surface area contributed by atoms with Gasteiger partial charge >= 0.3 is 0 Å². The molecule has 0 aliphatic rings. The van der Waals surface area contributed by atoms with Crippen LogP contribution in [0.3, 0.4) is 0 Å². The largest absolute Gasteiger partial charge is 0.336 e. The maximum Gasteiger partial charge on any atom is 0.259 e. The number of benzene rings is 1. The molecule has 1 aromatic carbocycles. The number of amides is 1. The molecule has 0 saturated carbocycles. The van der Waals surface area contributed by atoms with E-state index in [0.717, 1.165) is 10.3 Å². The van der Waals surface area contributed by atoms with Crippen molar-refractivity contribution in [1.82, 2.24) is 9.97 Å². The number of rotatable bonds is 5. The van der Waals surface area contributed by atoms with Gasteiger partial charge in [0.1, 0.15) is 10.6 Å². The number of H-pyrrole nitrogens is 1. The van der Waals surface area contributed by atoms with E-state index in [4.69, 9.17) is 17.4 Å². The molecule has 0 saturated heterocycles. The van der Waals surface area contributed by atoms with Crippen LogP contribution in [0.15, 0.2) is 41.3 Å². The van der Waals surface area contributed by atoms with Gasteiger partial charge in [0.15, 0.2) is 3.95 Å². The normalized spacial score (nSPS) is 11.9. The zero-order valence-corrected chi connectivity index (χ0v) is 17.1. The molecule has 0 aliphatic carbocycles. The number of aromatic nitrogens is 2. The minimum Gasteiger partial charge on any atom is -0.336 e. The van der Waals surface area contributed by atoms with Gasteiger partial charge in [0, 0.05) is 12.1 Å². The molecule has 7 nitrogen and oxygen atoms in total. The number of nitrogens with zero attached hydrogens (tertiary/aromatic N) is 2. The van der Waals surface area contributed by atoms with Gasteiger partial charge in [0.25, 0.3) is 5.91 Å². The highest BCUT2D eigenvalue weighted by Gasteiger charge is 2.21. The Balaban J connectivity index is 2.00. The molecule has 0 aliphatic heterocycles. The van der Waals surface area contributed by atoms with Crippen molar-refractivity contribution in [3.8, 4) is 0 Å². The molecular formula is C17H18N4O3S3. The molecule has 10 heteroatoms. The van der Waals surface area contributed by atoms with Crippen LogP contribution in [-0.2, 0) is 10.0 Å². The molecule has 0 radical (unpaired) electrons. The Morgan fingerprint density at radius 3 is 2.52 bits per heavy atom. The first-order chi connectivity index (χ1) is 12.6. The van der Waals surface area contributed by atoms with Crippen LogP contribution in [0.1, 0.15) is 24.2 Å². The summed E-state index contributed by atoms with van der Waals surface area (Å²) < 4.78 is 23.4. The van der Waals surface area contributed by atoms with Crippen molar-refractivity contribution < 1.29 is 13.2 Å². The Kier molecular flexibility index (Phi) is 5.43. The highest BCUT2D eigenvalue weighted by Crippen LogP contribution is 2.24. The number of nitrogens with one attached hydrogen (secondary N) is 1. The summed E-state index contributed by atoms with van der Waals surface area (Å²) in [6.07, 6.45) is 0. The molecule has 0 bridgehead atoms. The summed E-state index contributed by atoms with van der Waals surface area (Å²) in [7, 11) is -3.81. The number of hydrogen-bond donors (Lipinski definition) is 2. The van der Waals surface area contributed by atoms with E-state index < -0.39 is 10.0 Å². The third-order valence-corrected chi connectivity index (χ3v) is 5.84. The average molecular weight is 423 g/mol. The summed E-state index contributed by atoms with van der Waals surface area (Å²) >= 11 is 6.49. The molecule has 0 unspecified atom stereocenters. The summed E-state index contributed by atoms with van der Waals surface area (Å²) in [6, 6.07) is 9.16. The smallest absolute Gasteiger partial charge is 0.259 e. The number of hydrogen-bond acceptors (Lipinski definition) is 6. The predicted molar refractivity (Wildman–Crippen MR) is 109 cm³/mol. The first-order valence-corrected chi connectivity index (χ1v) is 10.9. The minimum atomic E-state index is -3.81. The van der Waals surface area contributed by atoms with Gasteiger partial charge in [-0.05, 0) is 54.5 Å². The first-order valence-electron chi connectivity index (χ1n) is 8.10. The molecule has 27 heavy (non-hydrogen) atoms. The lowest BCUT2D eigenvalue weighted by atomic mass is 10.1. The van der Waals surface area contributed by atoms with E-state index in [9.17, 15) is 13.2 Å². The van der Waals surface area contributed by atoms with Gasteiger partial charge in [-0.3, -0.25) is 9.69 Å². The monoisotopic (exact) mass is 422 g/mol. The first kappa shape index (κ1) is 19.6. The zero-order chi connectivity index (χ0) is 19.8. The van der Waals surface area contributed by atoms with Crippen LogP contribution in [-0.4, -0.2) is 30.8 Å². The molecule has 0 spiro atoms. The number of primary sulfonamides is 1. The van der Waals surface area contributed by atoms with E-state index in [1.165, 1.54) is 35.6 Å². The van der Waals surface area contributed by atoms with Crippen molar-refractivity contribution in [2.75, 3.05) is 11.4 Å². The van der Waals surface area contributed by atoms with E-state index in [2.05, 4.69) is 9.97 Å². The molecule has 142 valence electrons. The molecular weight excluding hydrogens is 404 g/mol. The zero-order valence-electron chi connectivity index (χ0n) is 14.7. The summed E-state index contributed by atoms with van der Waals surface area (Å²) in [6.45, 7) is 4.47. The van der Waals surface area contributed by atoms with Crippen LogP contribution in [0.2, 0.25) is 0 Å². The number of anilines is 1. The highest BCUT2D eigenvalue weighted by molar-refractivity contribution is 7.89. The van der Waals surface area contributed by atoms with Crippen LogP contribution < -0.4 is 10.0 Å². The second kappa shape index (κ2) is 7.47. The van der Waals surface area contributed by atoms with Crippen molar-refractivity contribution in [2.45, 2.75) is 18.7 Å². The maximum atomic E-state index is 13.1. The van der Waals surface area contributed by atoms with Gasteiger partial charge in [-0.15, -0.1) is 0 Å². The number of pyridine rings is 1. The lowest BCUT2D eigenvalue weighted by Gasteiger charge is -2.24. The fourth-order valence-electron chi connectivity index (χ4n) is 2.57. The summed E-state index contributed by atoms with van der Waals surface area (Å²) in [5.41, 5.74) is 1.18. The van der Waals surface area contributed by atoms with E-state index in [0.29, 0.717) is 21.9 Å². The maximum absolute atomic E-state index is 13.1. The van der Waals surface area contributed by atoms with Gasteiger partial charge in [-0.1, -0.05) is 25.2 Å². The molecule has 3 aromatic rings. The van der Waals surface area contributed by atoms with Crippen molar-refractivity contribution in [3.63, 3.8) is 0 Å². The Bertz CT molecular complexity index is 1150. The SMILES string of the molecule is CC(C)CN(C(=O)c1ccc(S(N)(=O)=O)cc1)c1ccc2[nH]c(=S)sc2n1. The summed E-state index contributed by atoms with van der Waals surface area (Å²) in [5.74, 6) is 0.456. The van der Waals surface area contributed by atoms with E-state index in [1.54, 1.807) is 11.0 Å². The van der Waals surface area contributed by atoms with Crippen LogP contribution >= 0.6 is 23.6 Å². The second-order valence-corrected chi connectivity index (χ2v) is 9.64. The third-order valence-electron chi connectivity index (χ3n) is 3.77. The number of fused-ring (bicyclic) bond motifs is 1. The standard InChI is InChI=1S/C17H18N4O3S3/c1-10(2)9-21(14-8-7-13-15(20-14)26-17(25)19-13)16(22)11-3-5-12(6-4-11)27(18,23)24/h3-8,10H,9H2,1-2H3,(H,19,25)(H2,18,23,24). The summed E-state index contributed by atoms with van der Waals surface area (Å²) in [4.78, 5) is 22.9. The van der Waals surface area contributed by atoms with Gasteiger partial charge in [0.05, 0.1) is 10.4 Å². The Morgan fingerprint density at radius 1 is 1.26 bits per heavy atom. The number of sulfonamides is 1. The molecule has 2 heterocycles. The van der Waals surface area contributed by atoms with Gasteiger partial charge in [-0.25, -0.2) is 18.5 Å². The van der Waals surface area contributed by atoms with Crippen LogP contribution in [0.25, 0.3) is 10.3 Å². The quantitative estimate of drug-likeness (QED) is 0.613. The highest BCUT2D eigenvalue weighted by atomic mass is 32.2. The number of aromatic amines is 1. The van der Waals surface area contributed by atoms with Crippen molar-refractivity contribution >= 4 is 55.7 Å². The topological polar surface area (TPSA) is 109 Å². The molecule has 1 amide bonds. The lowest BCUT2D eigenvalue weighted by Crippen LogP contribution is -2.35. The Labute approximate surface area is 165 Å². The molecule has 3 N–H and O–H groups in total. The molecule has 3 rings (SSSR count). The van der Waals surface area contributed by atoms with Crippen molar-refractivity contribution in [1.29, 1.82) is 0 Å². The van der Waals surface area contributed by atoms with Gasteiger partial charge < -0.3 is 4.98 Å². The van der Waals surface area contributed by atoms with Crippen LogP contribution in [0.4, 0.5) is 5.82 Å². The van der Waals surface area contributed by atoms with E-state index in [1.807, 2.05) is 19.9 Å². The minimum absolute atomic E-state index is 0.0406. The van der Waals surface area contributed by atoms with Crippen LogP contribution in [0, 0.1) is 9.87 Å². The summed E-state index contributed by atoms with van der Waals surface area (Å²) in [5, 5.41) is 5.11.